The average Bonchev–Trinajstić information content (AvgIpc) is 3.42. The van der Waals surface area contributed by atoms with Gasteiger partial charge in [-0.3, -0.25) is 23.7 Å². The summed E-state index contributed by atoms with van der Waals surface area (Å²) in [5.74, 6) is 4.36. The molecule has 0 aliphatic carbocycles. The van der Waals surface area contributed by atoms with E-state index in [1.165, 1.54) is 36.9 Å². The molecule has 220 valence electrons. The molecule has 2 unspecified atom stereocenters. The number of fused-ring (bicyclic) bond motifs is 1. The van der Waals surface area contributed by atoms with Crippen molar-refractivity contribution in [2.75, 3.05) is 12.3 Å². The van der Waals surface area contributed by atoms with E-state index in [9.17, 15) is 24.4 Å². The van der Waals surface area contributed by atoms with Gasteiger partial charge in [0, 0.05) is 0 Å². The van der Waals surface area contributed by atoms with Gasteiger partial charge in [0.25, 0.3) is 5.56 Å². The van der Waals surface area contributed by atoms with Crippen LogP contribution in [0.25, 0.3) is 11.2 Å². The number of nitrogens with zero attached hydrogens (tertiary/aromatic N) is 3. The third-order valence-electron chi connectivity index (χ3n) is 5.95. The largest absolute Gasteiger partial charge is 0.462 e. The van der Waals surface area contributed by atoms with Crippen LogP contribution in [0.4, 0.5) is 5.95 Å². The van der Waals surface area contributed by atoms with Crippen LogP contribution in [0.1, 0.15) is 33.9 Å². The average molecular weight is 591 g/mol. The molecule has 41 heavy (non-hydrogen) atoms. The molecule has 6 N–H and O–H groups in total. The molecule has 1 aromatic carbocycles. The summed E-state index contributed by atoms with van der Waals surface area (Å²) in [7, 11) is -4.32. The topological polar surface area (TPSA) is 213 Å². The van der Waals surface area contributed by atoms with Crippen molar-refractivity contribution in [3.8, 4) is 17.6 Å². The van der Waals surface area contributed by atoms with Crippen molar-refractivity contribution < 1.29 is 38.1 Å². The standard InChI is InChI=1S/C25H31N6O9P/c1-5-11-25(35)19(32)17(39-23(25)31-13-27-18-20(31)28-24(26)29-21(18)33)12-37-41(36,40-16-9-7-6-8-10-16)30-15(4)22(34)38-14(2)3/h6-10,13-15,17,19,23,32,35H,12H2,1-4H3,(H,30,36)(H3,26,28,29,33)/t15-,17+,19-,23+,25?,41?/m0/s1. The summed E-state index contributed by atoms with van der Waals surface area (Å²) in [5.41, 5.74) is 2.71. The second-order valence-corrected chi connectivity index (χ2v) is 11.2. The molecule has 3 aromatic rings. The van der Waals surface area contributed by atoms with Gasteiger partial charge in [-0.05, 0) is 39.8 Å². The number of hydrogen-bond donors (Lipinski definition) is 5. The maximum atomic E-state index is 13.8. The van der Waals surface area contributed by atoms with Crippen LogP contribution in [0.5, 0.6) is 5.75 Å². The van der Waals surface area contributed by atoms with Crippen molar-refractivity contribution in [2.45, 2.75) is 63.9 Å². The molecule has 0 amide bonds. The van der Waals surface area contributed by atoms with Crippen LogP contribution in [0.2, 0.25) is 0 Å². The zero-order valence-electron chi connectivity index (χ0n) is 22.7. The molecular formula is C25H31N6O9P. The van der Waals surface area contributed by atoms with E-state index in [4.69, 9.17) is 24.3 Å². The number of rotatable bonds is 10. The number of aliphatic hydroxyl groups excluding tert-OH is 1. The first-order chi connectivity index (χ1) is 19.4. The number of benzene rings is 1. The molecule has 0 saturated carbocycles. The maximum Gasteiger partial charge on any atom is 0.459 e. The SMILES string of the molecule is CC#CC1(O)[C@@H](O)[C@@H](COP(=O)(N[C@@H](C)C(=O)OC(C)C)Oc2ccccc2)O[C@H]1n1cnc2c(=O)[nH]c(N)nc21. The van der Waals surface area contributed by atoms with Gasteiger partial charge < -0.3 is 29.9 Å². The number of nitrogens with two attached hydrogens (primary N) is 1. The maximum absolute atomic E-state index is 13.8. The second-order valence-electron chi connectivity index (χ2n) is 9.48. The molecular weight excluding hydrogens is 559 g/mol. The van der Waals surface area contributed by atoms with Crippen LogP contribution < -0.4 is 20.9 Å². The fraction of sp³-hybridized carbons (Fsp3) is 0.440. The molecule has 16 heteroatoms. The van der Waals surface area contributed by atoms with Gasteiger partial charge in [0.1, 0.15) is 24.0 Å². The molecule has 6 atom stereocenters. The molecule has 15 nitrogen and oxygen atoms in total. The highest BCUT2D eigenvalue weighted by atomic mass is 31.2. The lowest BCUT2D eigenvalue weighted by Gasteiger charge is -2.26. The number of nitrogen functional groups attached to an aromatic ring is 1. The molecule has 1 fully saturated rings. The number of para-hydroxylation sites is 1. The normalized spacial score (nSPS) is 24.4. The third kappa shape index (κ3) is 6.43. The summed E-state index contributed by atoms with van der Waals surface area (Å²) in [6, 6.07) is 6.98. The van der Waals surface area contributed by atoms with Crippen LogP contribution in [0.3, 0.4) is 0 Å². The number of aromatic nitrogens is 4. The number of hydrogen-bond acceptors (Lipinski definition) is 12. The molecule has 0 bridgehead atoms. The fourth-order valence-corrected chi connectivity index (χ4v) is 5.64. The summed E-state index contributed by atoms with van der Waals surface area (Å²) in [6.45, 7) is 5.62. The van der Waals surface area contributed by atoms with Crippen LogP contribution in [0, 0.1) is 11.8 Å². The van der Waals surface area contributed by atoms with Gasteiger partial charge in [0.15, 0.2) is 23.0 Å². The van der Waals surface area contributed by atoms with E-state index in [1.54, 1.807) is 32.0 Å². The highest BCUT2D eigenvalue weighted by molar-refractivity contribution is 7.52. The van der Waals surface area contributed by atoms with Crippen molar-refractivity contribution in [2.24, 2.45) is 0 Å². The summed E-state index contributed by atoms with van der Waals surface area (Å²) in [4.78, 5) is 35.1. The minimum atomic E-state index is -4.32. The Kier molecular flexibility index (Phi) is 8.83. The molecule has 3 heterocycles. The summed E-state index contributed by atoms with van der Waals surface area (Å²) < 4.78 is 37.4. The number of imidazole rings is 1. The van der Waals surface area contributed by atoms with Crippen molar-refractivity contribution in [3.05, 3.63) is 47.0 Å². The van der Waals surface area contributed by atoms with E-state index >= 15 is 0 Å². The van der Waals surface area contributed by atoms with Crippen LogP contribution >= 0.6 is 7.75 Å². The quantitative estimate of drug-likeness (QED) is 0.126. The van der Waals surface area contributed by atoms with Crippen LogP contribution in [-0.4, -0.2) is 72.3 Å². The first-order valence-electron chi connectivity index (χ1n) is 12.6. The first-order valence-corrected chi connectivity index (χ1v) is 14.1. The molecule has 2 aromatic heterocycles. The Bertz CT molecular complexity index is 1570. The molecule has 4 rings (SSSR count). The number of carbonyl (C=O) groups excluding carboxylic acids is 1. The van der Waals surface area contributed by atoms with Gasteiger partial charge in [-0.2, -0.15) is 10.1 Å². The number of esters is 1. The minimum Gasteiger partial charge on any atom is -0.462 e. The third-order valence-corrected chi connectivity index (χ3v) is 7.59. The molecule has 0 spiro atoms. The van der Waals surface area contributed by atoms with Gasteiger partial charge in [0.2, 0.25) is 5.95 Å². The number of aliphatic hydroxyl groups is 2. The van der Waals surface area contributed by atoms with E-state index in [-0.39, 0.29) is 22.9 Å². The smallest absolute Gasteiger partial charge is 0.459 e. The number of carbonyl (C=O) groups is 1. The van der Waals surface area contributed by atoms with Crippen molar-refractivity contribution in [3.63, 3.8) is 0 Å². The number of anilines is 1. The van der Waals surface area contributed by atoms with Gasteiger partial charge in [-0.25, -0.2) is 9.55 Å². The van der Waals surface area contributed by atoms with Crippen LogP contribution in [-0.2, 0) is 23.4 Å². The summed E-state index contributed by atoms with van der Waals surface area (Å²) in [5, 5.41) is 25.1. The van der Waals surface area contributed by atoms with E-state index in [0.29, 0.717) is 0 Å². The monoisotopic (exact) mass is 590 g/mol. The molecule has 0 radical (unpaired) electrons. The van der Waals surface area contributed by atoms with E-state index in [2.05, 4.69) is 31.9 Å². The highest BCUT2D eigenvalue weighted by Crippen LogP contribution is 2.47. The summed E-state index contributed by atoms with van der Waals surface area (Å²) >= 11 is 0. The Hall–Kier alpha value is -3.77. The van der Waals surface area contributed by atoms with Crippen LogP contribution in [0.15, 0.2) is 41.5 Å². The van der Waals surface area contributed by atoms with E-state index in [0.717, 1.165) is 0 Å². The molecule has 1 saturated heterocycles. The zero-order chi connectivity index (χ0) is 29.9. The van der Waals surface area contributed by atoms with Gasteiger partial charge >= 0.3 is 13.7 Å². The predicted molar refractivity (Wildman–Crippen MR) is 145 cm³/mol. The number of ether oxygens (including phenoxy) is 2. The number of nitrogens with one attached hydrogen (secondary N) is 2. The van der Waals surface area contributed by atoms with Crippen molar-refractivity contribution in [1.82, 2.24) is 24.6 Å². The molecule has 1 aliphatic rings. The Morgan fingerprint density at radius 1 is 1.34 bits per heavy atom. The lowest BCUT2D eigenvalue weighted by molar-refractivity contribution is -0.149. The van der Waals surface area contributed by atoms with Gasteiger partial charge in [0.05, 0.1) is 19.0 Å². The Morgan fingerprint density at radius 3 is 2.71 bits per heavy atom. The van der Waals surface area contributed by atoms with E-state index < -0.39 is 62.1 Å². The lowest BCUT2D eigenvalue weighted by atomic mass is 9.94. The van der Waals surface area contributed by atoms with E-state index in [1.807, 2.05) is 0 Å². The minimum absolute atomic E-state index is 0.0291. The highest BCUT2D eigenvalue weighted by Gasteiger charge is 2.56. The predicted octanol–water partition coefficient (Wildman–Crippen LogP) is 0.848. The van der Waals surface area contributed by atoms with Crippen molar-refractivity contribution >= 4 is 30.8 Å². The zero-order valence-corrected chi connectivity index (χ0v) is 23.6. The summed E-state index contributed by atoms with van der Waals surface area (Å²) in [6.07, 6.45) is -3.69. The molecule has 1 aliphatic heterocycles. The van der Waals surface area contributed by atoms with Gasteiger partial charge in [-0.1, -0.05) is 24.1 Å². The fourth-order valence-electron chi connectivity index (χ4n) is 4.14. The lowest BCUT2D eigenvalue weighted by Crippen LogP contribution is -2.46. The Balaban J connectivity index is 1.62. The second kappa shape index (κ2) is 12.0. The Morgan fingerprint density at radius 2 is 2.05 bits per heavy atom. The number of aromatic amines is 1. The first kappa shape index (κ1) is 30.2. The van der Waals surface area contributed by atoms with Gasteiger partial charge in [-0.15, -0.1) is 5.92 Å². The van der Waals surface area contributed by atoms with Crippen molar-refractivity contribution in [1.29, 1.82) is 0 Å². The number of H-pyrrole nitrogens is 1. The Labute approximate surface area is 234 Å².